The standard InChI is InChI=1S/C21H29NO3/c1-16-14-22(12-10-21(16,23)11-13-24-3)15-18-6-4-5-7-19(18)20-9-8-17(2)25-20/h4-9,16,23H,10-15H2,1-3H3/t16-,21-/m1/s1. The molecule has 0 bridgehead atoms. The molecular formula is C21H29NO3. The van der Waals surface area contributed by atoms with Crippen LogP contribution in [0.25, 0.3) is 11.3 Å². The Kier molecular flexibility index (Phi) is 5.62. The maximum absolute atomic E-state index is 10.9. The molecule has 1 aromatic heterocycles. The molecule has 0 unspecified atom stereocenters. The van der Waals surface area contributed by atoms with Crippen LogP contribution in [0.4, 0.5) is 0 Å². The van der Waals surface area contributed by atoms with E-state index in [0.29, 0.717) is 13.0 Å². The molecule has 1 fully saturated rings. The van der Waals surface area contributed by atoms with Gasteiger partial charge in [0, 0.05) is 38.9 Å². The third-order valence-corrected chi connectivity index (χ3v) is 5.47. The summed E-state index contributed by atoms with van der Waals surface area (Å²) in [6, 6.07) is 12.5. The van der Waals surface area contributed by atoms with Gasteiger partial charge in [0.25, 0.3) is 0 Å². The molecule has 25 heavy (non-hydrogen) atoms. The minimum Gasteiger partial charge on any atom is -0.461 e. The van der Waals surface area contributed by atoms with Gasteiger partial charge in [-0.2, -0.15) is 0 Å². The molecule has 2 atom stereocenters. The van der Waals surface area contributed by atoms with E-state index in [2.05, 4.69) is 36.1 Å². The first-order valence-electron chi connectivity index (χ1n) is 9.10. The number of likely N-dealkylation sites (tertiary alicyclic amines) is 1. The zero-order valence-electron chi connectivity index (χ0n) is 15.5. The highest BCUT2D eigenvalue weighted by atomic mass is 16.5. The molecule has 0 spiro atoms. The van der Waals surface area contributed by atoms with Crippen LogP contribution in [-0.2, 0) is 11.3 Å². The molecule has 1 N–H and O–H groups in total. The molecule has 0 saturated carbocycles. The third kappa shape index (κ3) is 4.14. The van der Waals surface area contributed by atoms with Gasteiger partial charge in [-0.05, 0) is 43.4 Å². The van der Waals surface area contributed by atoms with Crippen molar-refractivity contribution < 1.29 is 14.3 Å². The van der Waals surface area contributed by atoms with Gasteiger partial charge in [0.15, 0.2) is 0 Å². The molecule has 136 valence electrons. The first-order chi connectivity index (χ1) is 12.0. The maximum Gasteiger partial charge on any atom is 0.134 e. The number of hydrogen-bond acceptors (Lipinski definition) is 4. The fourth-order valence-electron chi connectivity index (χ4n) is 3.76. The van der Waals surface area contributed by atoms with Crippen molar-refractivity contribution in [3.8, 4) is 11.3 Å². The molecule has 1 aliphatic heterocycles. The van der Waals surface area contributed by atoms with Crippen LogP contribution in [0.15, 0.2) is 40.8 Å². The second-order valence-corrected chi connectivity index (χ2v) is 7.30. The van der Waals surface area contributed by atoms with Crippen LogP contribution in [-0.4, -0.2) is 42.4 Å². The number of rotatable bonds is 6. The van der Waals surface area contributed by atoms with Crippen LogP contribution in [0.3, 0.4) is 0 Å². The summed E-state index contributed by atoms with van der Waals surface area (Å²) in [5, 5.41) is 10.9. The van der Waals surface area contributed by atoms with Crippen molar-refractivity contribution in [2.45, 2.75) is 38.8 Å². The maximum atomic E-state index is 10.9. The normalized spacial score (nSPS) is 24.6. The van der Waals surface area contributed by atoms with Crippen LogP contribution >= 0.6 is 0 Å². The van der Waals surface area contributed by atoms with Gasteiger partial charge in [-0.15, -0.1) is 0 Å². The van der Waals surface area contributed by atoms with Crippen molar-refractivity contribution in [3.63, 3.8) is 0 Å². The first-order valence-corrected chi connectivity index (χ1v) is 9.10. The van der Waals surface area contributed by atoms with Gasteiger partial charge in [0.05, 0.1) is 5.60 Å². The minimum absolute atomic E-state index is 0.231. The van der Waals surface area contributed by atoms with Crippen molar-refractivity contribution in [3.05, 3.63) is 47.7 Å². The number of furan rings is 1. The number of aryl methyl sites for hydroxylation is 1. The number of ether oxygens (including phenoxy) is 1. The van der Waals surface area contributed by atoms with E-state index >= 15 is 0 Å². The highest BCUT2D eigenvalue weighted by molar-refractivity contribution is 5.62. The summed E-state index contributed by atoms with van der Waals surface area (Å²) in [5.41, 5.74) is 1.82. The van der Waals surface area contributed by atoms with Gasteiger partial charge in [-0.3, -0.25) is 4.90 Å². The quantitative estimate of drug-likeness (QED) is 0.865. The molecule has 0 amide bonds. The molecule has 3 rings (SSSR count). The van der Waals surface area contributed by atoms with Crippen molar-refractivity contribution in [2.75, 3.05) is 26.8 Å². The van der Waals surface area contributed by atoms with E-state index in [1.165, 1.54) is 5.56 Å². The second-order valence-electron chi connectivity index (χ2n) is 7.30. The summed E-state index contributed by atoms with van der Waals surface area (Å²) < 4.78 is 11.0. The Hall–Kier alpha value is -1.62. The molecule has 0 radical (unpaired) electrons. The summed E-state index contributed by atoms with van der Waals surface area (Å²) in [5.74, 6) is 2.09. The summed E-state index contributed by atoms with van der Waals surface area (Å²) >= 11 is 0. The van der Waals surface area contributed by atoms with E-state index in [0.717, 1.165) is 43.1 Å². The van der Waals surface area contributed by atoms with Crippen LogP contribution in [0.1, 0.15) is 31.1 Å². The van der Waals surface area contributed by atoms with E-state index < -0.39 is 5.60 Å². The summed E-state index contributed by atoms with van der Waals surface area (Å²) in [4.78, 5) is 2.43. The number of aliphatic hydroxyl groups is 1. The van der Waals surface area contributed by atoms with Crippen molar-refractivity contribution in [2.24, 2.45) is 5.92 Å². The van der Waals surface area contributed by atoms with E-state index in [1.54, 1.807) is 7.11 Å². The second kappa shape index (κ2) is 7.73. The Bertz CT molecular complexity index is 696. The molecular weight excluding hydrogens is 314 g/mol. The van der Waals surface area contributed by atoms with Gasteiger partial charge >= 0.3 is 0 Å². The molecule has 0 aliphatic carbocycles. The average molecular weight is 343 g/mol. The smallest absolute Gasteiger partial charge is 0.134 e. The first kappa shape index (κ1) is 18.2. The Balaban J connectivity index is 1.70. The van der Waals surface area contributed by atoms with Crippen molar-refractivity contribution in [1.29, 1.82) is 0 Å². The Morgan fingerprint density at radius 3 is 2.76 bits per heavy atom. The van der Waals surface area contributed by atoms with Crippen molar-refractivity contribution >= 4 is 0 Å². The van der Waals surface area contributed by atoms with Gasteiger partial charge in [0.2, 0.25) is 0 Å². The molecule has 4 nitrogen and oxygen atoms in total. The van der Waals surface area contributed by atoms with Gasteiger partial charge in [0.1, 0.15) is 11.5 Å². The lowest BCUT2D eigenvalue weighted by atomic mass is 9.79. The lowest BCUT2D eigenvalue weighted by Crippen LogP contribution is -2.51. The molecule has 1 saturated heterocycles. The molecule has 1 aromatic carbocycles. The van der Waals surface area contributed by atoms with Crippen molar-refractivity contribution in [1.82, 2.24) is 4.90 Å². The monoisotopic (exact) mass is 343 g/mol. The number of nitrogens with zero attached hydrogens (tertiary/aromatic N) is 1. The largest absolute Gasteiger partial charge is 0.461 e. The van der Waals surface area contributed by atoms with E-state index in [4.69, 9.17) is 9.15 Å². The van der Waals surface area contributed by atoms with Gasteiger partial charge in [-0.1, -0.05) is 31.2 Å². The van der Waals surface area contributed by atoms with Crippen LogP contribution < -0.4 is 0 Å². The zero-order valence-corrected chi connectivity index (χ0v) is 15.5. The molecule has 2 aromatic rings. The highest BCUT2D eigenvalue weighted by Crippen LogP contribution is 2.33. The van der Waals surface area contributed by atoms with Gasteiger partial charge < -0.3 is 14.3 Å². The summed E-state index contributed by atoms with van der Waals surface area (Å²) in [6.45, 7) is 7.40. The fraction of sp³-hybridized carbons (Fsp3) is 0.524. The topological polar surface area (TPSA) is 45.8 Å². The number of benzene rings is 1. The summed E-state index contributed by atoms with van der Waals surface area (Å²) in [6.07, 6.45) is 1.50. The number of piperidine rings is 1. The Morgan fingerprint density at radius 1 is 1.28 bits per heavy atom. The molecule has 2 heterocycles. The molecule has 1 aliphatic rings. The predicted octanol–water partition coefficient (Wildman–Crippen LogP) is 3.86. The minimum atomic E-state index is -0.607. The van der Waals surface area contributed by atoms with Crippen LogP contribution in [0.2, 0.25) is 0 Å². The van der Waals surface area contributed by atoms with Crippen LogP contribution in [0.5, 0.6) is 0 Å². The van der Waals surface area contributed by atoms with E-state index in [9.17, 15) is 5.11 Å². The van der Waals surface area contributed by atoms with E-state index in [1.807, 2.05) is 19.1 Å². The Labute approximate surface area is 150 Å². The third-order valence-electron chi connectivity index (χ3n) is 5.47. The summed E-state index contributed by atoms with van der Waals surface area (Å²) in [7, 11) is 1.69. The average Bonchev–Trinajstić information content (AvgIpc) is 3.03. The predicted molar refractivity (Wildman–Crippen MR) is 99.4 cm³/mol. The number of hydrogen-bond donors (Lipinski definition) is 1. The fourth-order valence-corrected chi connectivity index (χ4v) is 3.76. The number of methoxy groups -OCH3 is 1. The highest BCUT2D eigenvalue weighted by Gasteiger charge is 2.38. The van der Waals surface area contributed by atoms with Crippen LogP contribution in [0, 0.1) is 12.8 Å². The lowest BCUT2D eigenvalue weighted by Gasteiger charge is -2.43. The Morgan fingerprint density at radius 2 is 2.08 bits per heavy atom. The zero-order chi connectivity index (χ0) is 17.9. The van der Waals surface area contributed by atoms with E-state index in [-0.39, 0.29) is 5.92 Å². The lowest BCUT2D eigenvalue weighted by molar-refractivity contribution is -0.0827. The van der Waals surface area contributed by atoms with Gasteiger partial charge in [-0.25, -0.2) is 0 Å². The SMILES string of the molecule is COCC[C@]1(O)CCN(Cc2ccccc2-c2ccc(C)o2)C[C@H]1C. The molecule has 4 heteroatoms.